The van der Waals surface area contributed by atoms with Crippen molar-refractivity contribution in [1.29, 1.82) is 0 Å². The minimum Gasteiger partial charge on any atom is -0.504 e. The average molecular weight is 464 g/mol. The Hall–Kier alpha value is -3.78. The smallest absolute Gasteiger partial charge is 0.338 e. The van der Waals surface area contributed by atoms with Crippen LogP contribution in [0.2, 0.25) is 0 Å². The number of ether oxygens (including phenoxy) is 2. The second-order valence-electron chi connectivity index (χ2n) is 8.16. The SMILES string of the molecule is CCOc1cc([C@H]2NC(=O)NC(CN3CC=C(c4ccccc4)CC3)=C2C(=O)OC)ccc1O. The molecule has 2 heterocycles. The number of methoxy groups -OCH3 is 1. The molecule has 0 spiro atoms. The summed E-state index contributed by atoms with van der Waals surface area (Å²) in [6, 6.07) is 13.9. The lowest BCUT2D eigenvalue weighted by molar-refractivity contribution is -0.136. The summed E-state index contributed by atoms with van der Waals surface area (Å²) in [6.07, 6.45) is 3.06. The Morgan fingerprint density at radius 2 is 2.00 bits per heavy atom. The summed E-state index contributed by atoms with van der Waals surface area (Å²) in [5, 5.41) is 15.7. The zero-order valence-electron chi connectivity index (χ0n) is 19.3. The van der Waals surface area contributed by atoms with Gasteiger partial charge in [0.25, 0.3) is 0 Å². The predicted octanol–water partition coefficient (Wildman–Crippen LogP) is 3.36. The molecular formula is C26H29N3O5. The van der Waals surface area contributed by atoms with E-state index in [9.17, 15) is 14.7 Å². The molecule has 4 rings (SSSR count). The molecule has 8 nitrogen and oxygen atoms in total. The highest BCUT2D eigenvalue weighted by atomic mass is 16.5. The van der Waals surface area contributed by atoms with Crippen LogP contribution in [0.5, 0.6) is 11.5 Å². The fourth-order valence-electron chi connectivity index (χ4n) is 4.32. The quantitative estimate of drug-likeness (QED) is 0.545. The van der Waals surface area contributed by atoms with Gasteiger partial charge in [0.1, 0.15) is 0 Å². The third-order valence-corrected chi connectivity index (χ3v) is 6.00. The Kier molecular flexibility index (Phi) is 7.18. The Morgan fingerprint density at radius 3 is 2.68 bits per heavy atom. The maximum absolute atomic E-state index is 12.8. The number of carbonyl (C=O) groups excluding carboxylic acids is 2. The summed E-state index contributed by atoms with van der Waals surface area (Å²) in [5.41, 5.74) is 3.94. The lowest BCUT2D eigenvalue weighted by atomic mass is 9.94. The van der Waals surface area contributed by atoms with Crippen LogP contribution in [0.3, 0.4) is 0 Å². The second kappa shape index (κ2) is 10.4. The number of nitrogens with zero attached hydrogens (tertiary/aromatic N) is 1. The van der Waals surface area contributed by atoms with E-state index >= 15 is 0 Å². The highest BCUT2D eigenvalue weighted by Crippen LogP contribution is 2.34. The molecule has 34 heavy (non-hydrogen) atoms. The zero-order valence-corrected chi connectivity index (χ0v) is 19.3. The van der Waals surface area contributed by atoms with Crippen molar-refractivity contribution in [1.82, 2.24) is 15.5 Å². The summed E-state index contributed by atoms with van der Waals surface area (Å²) in [5.74, 6) is -0.256. The second-order valence-corrected chi connectivity index (χ2v) is 8.16. The van der Waals surface area contributed by atoms with Gasteiger partial charge in [0, 0.05) is 25.3 Å². The van der Waals surface area contributed by atoms with Gasteiger partial charge in [-0.2, -0.15) is 0 Å². The fraction of sp³-hybridized carbons (Fsp3) is 0.308. The van der Waals surface area contributed by atoms with Crippen molar-refractivity contribution in [3.05, 3.63) is 77.0 Å². The molecule has 2 aliphatic heterocycles. The van der Waals surface area contributed by atoms with Crippen LogP contribution in [0.4, 0.5) is 4.79 Å². The van der Waals surface area contributed by atoms with Gasteiger partial charge < -0.3 is 25.2 Å². The van der Waals surface area contributed by atoms with Crippen LogP contribution < -0.4 is 15.4 Å². The van der Waals surface area contributed by atoms with E-state index in [2.05, 4.69) is 33.7 Å². The molecule has 2 aliphatic rings. The topological polar surface area (TPSA) is 100 Å². The van der Waals surface area contributed by atoms with Gasteiger partial charge in [-0.1, -0.05) is 42.5 Å². The molecule has 8 heteroatoms. The standard InChI is InChI=1S/C26H29N3O5/c1-3-34-22-15-19(9-10-21(22)30)24-23(25(31)33-2)20(27-26(32)28-24)16-29-13-11-18(12-14-29)17-7-5-4-6-8-17/h4-11,15,24,30H,3,12-14,16H2,1-2H3,(H2,27,28,32)/t24-/m1/s1. The van der Waals surface area contributed by atoms with E-state index in [-0.39, 0.29) is 11.5 Å². The zero-order chi connectivity index (χ0) is 24.1. The van der Waals surface area contributed by atoms with Crippen molar-refractivity contribution in [3.8, 4) is 11.5 Å². The van der Waals surface area contributed by atoms with E-state index in [1.807, 2.05) is 25.1 Å². The fourth-order valence-corrected chi connectivity index (χ4v) is 4.32. The normalized spacial score (nSPS) is 18.6. The van der Waals surface area contributed by atoms with E-state index in [0.717, 1.165) is 13.0 Å². The molecule has 0 fully saturated rings. The molecule has 0 unspecified atom stereocenters. The molecule has 3 N–H and O–H groups in total. The number of urea groups is 1. The number of rotatable bonds is 7. The summed E-state index contributed by atoms with van der Waals surface area (Å²) < 4.78 is 10.6. The lowest BCUT2D eigenvalue weighted by Gasteiger charge is -2.33. The number of hydrogen-bond donors (Lipinski definition) is 3. The van der Waals surface area contributed by atoms with E-state index in [1.165, 1.54) is 24.3 Å². The van der Waals surface area contributed by atoms with Gasteiger partial charge in [-0.05, 0) is 42.2 Å². The molecule has 2 amide bonds. The van der Waals surface area contributed by atoms with Crippen LogP contribution in [0.1, 0.15) is 30.5 Å². The molecule has 1 atom stereocenters. The Balaban J connectivity index is 1.62. The first-order chi connectivity index (χ1) is 16.5. The van der Waals surface area contributed by atoms with Crippen molar-refractivity contribution in [2.75, 3.05) is 33.4 Å². The van der Waals surface area contributed by atoms with Crippen LogP contribution >= 0.6 is 0 Å². The van der Waals surface area contributed by atoms with Gasteiger partial charge in [0.2, 0.25) is 0 Å². The number of benzene rings is 2. The number of nitrogens with one attached hydrogen (secondary N) is 2. The van der Waals surface area contributed by atoms with Gasteiger partial charge >= 0.3 is 12.0 Å². The van der Waals surface area contributed by atoms with E-state index in [0.29, 0.717) is 36.5 Å². The summed E-state index contributed by atoms with van der Waals surface area (Å²) in [6.45, 7) is 4.06. The van der Waals surface area contributed by atoms with Crippen LogP contribution in [0.25, 0.3) is 5.57 Å². The van der Waals surface area contributed by atoms with Crippen molar-refractivity contribution in [3.63, 3.8) is 0 Å². The predicted molar refractivity (Wildman–Crippen MR) is 128 cm³/mol. The molecule has 0 bridgehead atoms. The molecule has 0 saturated carbocycles. The van der Waals surface area contributed by atoms with Crippen LogP contribution in [-0.2, 0) is 9.53 Å². The molecule has 0 aliphatic carbocycles. The number of amides is 2. The van der Waals surface area contributed by atoms with Crippen molar-refractivity contribution < 1.29 is 24.2 Å². The number of carbonyl (C=O) groups is 2. The van der Waals surface area contributed by atoms with E-state index in [4.69, 9.17) is 9.47 Å². The first-order valence-electron chi connectivity index (χ1n) is 11.3. The molecule has 0 saturated heterocycles. The average Bonchev–Trinajstić information content (AvgIpc) is 2.86. The minimum absolute atomic E-state index is 0.0102. The first kappa shape index (κ1) is 23.4. The van der Waals surface area contributed by atoms with Crippen LogP contribution in [0.15, 0.2) is 65.9 Å². The van der Waals surface area contributed by atoms with E-state index < -0.39 is 18.0 Å². The number of phenolic OH excluding ortho intramolecular Hbond substituents is 1. The van der Waals surface area contributed by atoms with Crippen LogP contribution in [-0.4, -0.2) is 55.4 Å². The number of esters is 1. The molecule has 178 valence electrons. The lowest BCUT2D eigenvalue weighted by Crippen LogP contribution is -2.48. The maximum Gasteiger partial charge on any atom is 0.338 e. The Bertz CT molecular complexity index is 1130. The Morgan fingerprint density at radius 1 is 1.21 bits per heavy atom. The molecular weight excluding hydrogens is 434 g/mol. The monoisotopic (exact) mass is 463 g/mol. The molecule has 0 radical (unpaired) electrons. The molecule has 2 aromatic carbocycles. The molecule has 0 aromatic heterocycles. The van der Waals surface area contributed by atoms with Gasteiger partial charge in [-0.3, -0.25) is 4.90 Å². The Labute approximate surface area is 198 Å². The van der Waals surface area contributed by atoms with Crippen molar-refractivity contribution in [2.45, 2.75) is 19.4 Å². The minimum atomic E-state index is -0.740. The van der Waals surface area contributed by atoms with Gasteiger partial charge in [-0.15, -0.1) is 0 Å². The largest absolute Gasteiger partial charge is 0.504 e. The van der Waals surface area contributed by atoms with E-state index in [1.54, 1.807) is 12.1 Å². The number of hydrogen-bond acceptors (Lipinski definition) is 6. The van der Waals surface area contributed by atoms with Crippen molar-refractivity contribution >= 4 is 17.6 Å². The maximum atomic E-state index is 12.8. The van der Waals surface area contributed by atoms with Crippen molar-refractivity contribution in [2.24, 2.45) is 0 Å². The summed E-state index contributed by atoms with van der Waals surface area (Å²) in [7, 11) is 1.32. The highest BCUT2D eigenvalue weighted by Gasteiger charge is 2.34. The third kappa shape index (κ3) is 5.07. The molecule has 2 aromatic rings. The summed E-state index contributed by atoms with van der Waals surface area (Å²) >= 11 is 0. The number of aromatic hydroxyl groups is 1. The van der Waals surface area contributed by atoms with Gasteiger partial charge in [0.15, 0.2) is 11.5 Å². The van der Waals surface area contributed by atoms with Gasteiger partial charge in [0.05, 0.1) is 25.3 Å². The number of phenols is 1. The third-order valence-electron chi connectivity index (χ3n) is 6.00. The highest BCUT2D eigenvalue weighted by molar-refractivity contribution is 5.95. The first-order valence-corrected chi connectivity index (χ1v) is 11.3. The van der Waals surface area contributed by atoms with Gasteiger partial charge in [-0.25, -0.2) is 9.59 Å². The van der Waals surface area contributed by atoms with Crippen LogP contribution in [0, 0.1) is 0 Å². The summed E-state index contributed by atoms with van der Waals surface area (Å²) in [4.78, 5) is 27.6.